The van der Waals surface area contributed by atoms with Gasteiger partial charge in [-0.1, -0.05) is 59.6 Å². The first-order chi connectivity index (χ1) is 25.1. The zero-order valence-electron chi connectivity index (χ0n) is 29.9. The number of ether oxygens (including phenoxy) is 4. The number of pyridine rings is 1. The standard InChI is InChI=1S/C40H44Cl2N4O6/c1-44(2)24-30-7-5-6-8-34(30)46(40(48)52-38-25-45-17-15-27(38)16-18-45)23-26-9-11-28(12-10-26)39(47)51-36(20-31-32(41)21-43-22-33(31)42)29-13-14-35(49-3)37(19-29)50-4/h5-14,19,21-22,27,36,38H,15-18,20,23-25H2,1-4H3/t36-,38-/m0/s1. The monoisotopic (exact) mass is 746 g/mol. The number of benzene rings is 3. The lowest BCUT2D eigenvalue weighted by atomic mass is 9.86. The van der Waals surface area contributed by atoms with Crippen molar-refractivity contribution in [3.8, 4) is 11.5 Å². The number of carbonyl (C=O) groups excluding carboxylic acids is 2. The fourth-order valence-electron chi connectivity index (χ4n) is 6.96. The maximum Gasteiger partial charge on any atom is 0.414 e. The van der Waals surface area contributed by atoms with E-state index < -0.39 is 12.1 Å². The van der Waals surface area contributed by atoms with Crippen molar-refractivity contribution < 1.29 is 28.5 Å². The summed E-state index contributed by atoms with van der Waals surface area (Å²) in [6, 6.07) is 20.3. The topological polar surface area (TPSA) is 93.7 Å². The smallest absolute Gasteiger partial charge is 0.414 e. The van der Waals surface area contributed by atoms with Gasteiger partial charge in [-0.25, -0.2) is 9.59 Å². The molecule has 3 aliphatic heterocycles. The highest BCUT2D eigenvalue weighted by molar-refractivity contribution is 6.35. The van der Waals surface area contributed by atoms with Crippen molar-refractivity contribution in [2.24, 2.45) is 5.92 Å². The molecule has 12 heteroatoms. The van der Waals surface area contributed by atoms with E-state index in [0.717, 1.165) is 49.3 Å². The molecule has 2 bridgehead atoms. The summed E-state index contributed by atoms with van der Waals surface area (Å²) in [4.78, 5) is 37.9. The molecular weight excluding hydrogens is 703 g/mol. The summed E-state index contributed by atoms with van der Waals surface area (Å²) in [6.45, 7) is 3.80. The minimum Gasteiger partial charge on any atom is -0.493 e. The van der Waals surface area contributed by atoms with Crippen molar-refractivity contribution in [1.82, 2.24) is 14.8 Å². The number of carbonyl (C=O) groups is 2. The number of aromatic nitrogens is 1. The van der Waals surface area contributed by atoms with Crippen LogP contribution in [-0.4, -0.2) is 80.9 Å². The SMILES string of the molecule is COc1ccc([C@H](Cc2c(Cl)cncc2Cl)OC(=O)c2ccc(CN(C(=O)O[C@H]3CN4CCC3CC4)c3ccccc3CN(C)C)cc2)cc1OC. The van der Waals surface area contributed by atoms with E-state index in [1.54, 1.807) is 43.4 Å². The van der Waals surface area contributed by atoms with Gasteiger partial charge in [-0.05, 0) is 98.5 Å². The summed E-state index contributed by atoms with van der Waals surface area (Å²) in [6.07, 6.45) is 4.02. The molecule has 2 atom stereocenters. The highest BCUT2D eigenvalue weighted by Gasteiger charge is 2.37. The number of methoxy groups -OCH3 is 2. The lowest BCUT2D eigenvalue weighted by molar-refractivity contribution is -0.0311. The second-order valence-electron chi connectivity index (χ2n) is 13.5. The van der Waals surface area contributed by atoms with Gasteiger partial charge in [-0.2, -0.15) is 0 Å². The summed E-state index contributed by atoms with van der Waals surface area (Å²) in [5, 5.41) is 0.726. The Morgan fingerprint density at radius 1 is 0.904 bits per heavy atom. The molecule has 4 heterocycles. The molecule has 10 nitrogen and oxygen atoms in total. The van der Waals surface area contributed by atoms with Crippen LogP contribution in [-0.2, 0) is 29.0 Å². The fourth-order valence-corrected chi connectivity index (χ4v) is 7.48. The van der Waals surface area contributed by atoms with E-state index >= 15 is 0 Å². The molecule has 7 rings (SSSR count). The third-order valence-corrected chi connectivity index (χ3v) is 10.4. The summed E-state index contributed by atoms with van der Waals surface area (Å²) in [5.41, 5.74) is 4.23. The van der Waals surface area contributed by atoms with Gasteiger partial charge < -0.3 is 23.8 Å². The van der Waals surface area contributed by atoms with Gasteiger partial charge in [-0.15, -0.1) is 0 Å². The summed E-state index contributed by atoms with van der Waals surface area (Å²) >= 11 is 13.0. The molecule has 0 saturated carbocycles. The minimum atomic E-state index is -0.769. The normalized spacial score (nSPS) is 18.5. The van der Waals surface area contributed by atoms with Crippen LogP contribution in [0.5, 0.6) is 11.5 Å². The van der Waals surface area contributed by atoms with Gasteiger partial charge in [0.1, 0.15) is 12.2 Å². The molecule has 0 N–H and O–H groups in total. The highest BCUT2D eigenvalue weighted by Crippen LogP contribution is 2.36. The van der Waals surface area contributed by atoms with Crippen LogP contribution in [0, 0.1) is 5.92 Å². The van der Waals surface area contributed by atoms with Gasteiger partial charge in [0.15, 0.2) is 11.5 Å². The van der Waals surface area contributed by atoms with E-state index in [2.05, 4.69) is 14.8 Å². The number of rotatable bonds is 13. The number of hydrogen-bond acceptors (Lipinski definition) is 9. The molecule has 0 radical (unpaired) electrons. The molecule has 274 valence electrons. The molecule has 1 aromatic heterocycles. The van der Waals surface area contributed by atoms with Crippen LogP contribution in [0.1, 0.15) is 51.6 Å². The Bertz CT molecular complexity index is 1850. The molecule has 0 aliphatic carbocycles. The van der Waals surface area contributed by atoms with Crippen molar-refractivity contribution in [3.05, 3.63) is 117 Å². The maximum absolute atomic E-state index is 14.0. The molecule has 52 heavy (non-hydrogen) atoms. The average Bonchev–Trinajstić information content (AvgIpc) is 3.15. The van der Waals surface area contributed by atoms with E-state index in [1.165, 1.54) is 12.4 Å². The predicted molar refractivity (Wildman–Crippen MR) is 202 cm³/mol. The number of nitrogens with zero attached hydrogens (tertiary/aromatic N) is 4. The van der Waals surface area contributed by atoms with Gasteiger partial charge in [0.2, 0.25) is 0 Å². The molecule has 3 aliphatic rings. The van der Waals surface area contributed by atoms with Crippen LogP contribution in [0.3, 0.4) is 0 Å². The zero-order valence-corrected chi connectivity index (χ0v) is 31.4. The highest BCUT2D eigenvalue weighted by atomic mass is 35.5. The minimum absolute atomic E-state index is 0.133. The predicted octanol–water partition coefficient (Wildman–Crippen LogP) is 7.85. The van der Waals surface area contributed by atoms with Crippen molar-refractivity contribution in [2.45, 2.75) is 44.6 Å². The molecule has 1 amide bonds. The van der Waals surface area contributed by atoms with Crippen molar-refractivity contribution in [3.63, 3.8) is 0 Å². The van der Waals surface area contributed by atoms with E-state index in [9.17, 15) is 9.59 Å². The first-order valence-electron chi connectivity index (χ1n) is 17.4. The number of esters is 1. The van der Waals surface area contributed by atoms with Gasteiger partial charge in [-0.3, -0.25) is 14.8 Å². The third-order valence-electron chi connectivity index (χ3n) is 9.74. The second kappa shape index (κ2) is 17.0. The molecule has 3 saturated heterocycles. The average molecular weight is 748 g/mol. The van der Waals surface area contributed by atoms with Gasteiger partial charge in [0.05, 0.1) is 42.1 Å². The molecule has 4 aromatic rings. The molecular formula is C40H44Cl2N4O6. The molecule has 3 aromatic carbocycles. The number of anilines is 1. The van der Waals surface area contributed by atoms with Crippen LogP contribution < -0.4 is 14.4 Å². The van der Waals surface area contributed by atoms with Crippen LogP contribution in [0.15, 0.2) is 79.1 Å². The lowest BCUT2D eigenvalue weighted by Gasteiger charge is -2.44. The fraction of sp³-hybridized carbons (Fsp3) is 0.375. The first kappa shape index (κ1) is 37.4. The summed E-state index contributed by atoms with van der Waals surface area (Å²) in [5.74, 6) is 0.869. The largest absolute Gasteiger partial charge is 0.493 e. The van der Waals surface area contributed by atoms with Gasteiger partial charge in [0, 0.05) is 31.9 Å². The Labute approximate surface area is 315 Å². The summed E-state index contributed by atoms with van der Waals surface area (Å²) in [7, 11) is 7.10. The van der Waals surface area contributed by atoms with E-state index in [4.69, 9.17) is 42.1 Å². The van der Waals surface area contributed by atoms with E-state index in [1.807, 2.05) is 56.6 Å². The van der Waals surface area contributed by atoms with Crippen LogP contribution in [0.2, 0.25) is 10.0 Å². The lowest BCUT2D eigenvalue weighted by Crippen LogP contribution is -2.53. The van der Waals surface area contributed by atoms with Crippen molar-refractivity contribution in [2.75, 3.05) is 52.8 Å². The van der Waals surface area contributed by atoms with E-state index in [-0.39, 0.29) is 25.2 Å². The van der Waals surface area contributed by atoms with Crippen LogP contribution in [0.25, 0.3) is 0 Å². The molecule has 3 fully saturated rings. The first-order valence-corrected chi connectivity index (χ1v) is 18.1. The Morgan fingerprint density at radius 2 is 1.60 bits per heavy atom. The van der Waals surface area contributed by atoms with Gasteiger partial charge >= 0.3 is 12.1 Å². The number of piperidine rings is 3. The third kappa shape index (κ3) is 8.81. The number of para-hydroxylation sites is 1. The Kier molecular flexibility index (Phi) is 12.2. The molecule has 0 unspecified atom stereocenters. The van der Waals surface area contributed by atoms with Crippen molar-refractivity contribution >= 4 is 41.0 Å². The van der Waals surface area contributed by atoms with Gasteiger partial charge in [0.25, 0.3) is 0 Å². The Balaban J connectivity index is 1.24. The van der Waals surface area contributed by atoms with Crippen LogP contribution in [0.4, 0.5) is 10.5 Å². The number of hydrogen-bond donors (Lipinski definition) is 0. The van der Waals surface area contributed by atoms with Crippen molar-refractivity contribution in [1.29, 1.82) is 0 Å². The quantitative estimate of drug-likeness (QED) is 0.127. The zero-order chi connectivity index (χ0) is 36.8. The summed E-state index contributed by atoms with van der Waals surface area (Å²) < 4.78 is 23.3. The Morgan fingerprint density at radius 3 is 2.23 bits per heavy atom. The van der Waals surface area contributed by atoms with Crippen LogP contribution >= 0.6 is 23.2 Å². The number of amides is 1. The second-order valence-corrected chi connectivity index (χ2v) is 14.3. The molecule has 0 spiro atoms. The number of fused-ring (bicyclic) bond motifs is 3. The number of halogens is 2. The maximum atomic E-state index is 14.0. The van der Waals surface area contributed by atoms with E-state index in [0.29, 0.717) is 50.7 Å². The Hall–Kier alpha value is -4.35.